The average Bonchev–Trinajstić information content (AvgIpc) is 2.13. The number of aromatic nitrogens is 1. The zero-order valence-corrected chi connectivity index (χ0v) is 10.2. The zero-order valence-electron chi connectivity index (χ0n) is 9.41. The highest BCUT2D eigenvalue weighted by atomic mass is 35.5. The maximum absolute atomic E-state index is 11.9. The average molecular weight is 227 g/mol. The predicted molar refractivity (Wildman–Crippen MR) is 61.2 cm³/mol. The minimum atomic E-state index is -0.0302. The van der Waals surface area contributed by atoms with Crippen molar-refractivity contribution in [2.45, 2.75) is 26.8 Å². The number of amides is 1. The Morgan fingerprint density at radius 2 is 2.07 bits per heavy atom. The Bertz CT molecular complexity index is 357. The van der Waals surface area contributed by atoms with Crippen LogP contribution in [0, 0.1) is 6.92 Å². The van der Waals surface area contributed by atoms with Crippen molar-refractivity contribution in [1.29, 1.82) is 0 Å². The van der Waals surface area contributed by atoms with Crippen LogP contribution >= 0.6 is 11.6 Å². The summed E-state index contributed by atoms with van der Waals surface area (Å²) in [5.41, 5.74) is 1.34. The molecule has 1 aromatic heterocycles. The van der Waals surface area contributed by atoms with E-state index in [-0.39, 0.29) is 11.9 Å². The van der Waals surface area contributed by atoms with Crippen molar-refractivity contribution in [2.75, 3.05) is 7.05 Å². The van der Waals surface area contributed by atoms with Gasteiger partial charge in [-0.3, -0.25) is 4.79 Å². The van der Waals surface area contributed by atoms with E-state index in [4.69, 9.17) is 11.6 Å². The Kier molecular flexibility index (Phi) is 3.69. The largest absolute Gasteiger partial charge is 0.339 e. The van der Waals surface area contributed by atoms with Crippen molar-refractivity contribution in [3.05, 3.63) is 28.5 Å². The third-order valence-electron chi connectivity index (χ3n) is 2.26. The standard InChI is InChI=1S/C11H15ClN2O/c1-7(2)14(4)11(15)9-5-8(3)13-10(12)6-9/h5-7H,1-4H3. The van der Waals surface area contributed by atoms with Crippen molar-refractivity contribution in [2.24, 2.45) is 0 Å². The van der Waals surface area contributed by atoms with Crippen LogP contribution in [0.25, 0.3) is 0 Å². The summed E-state index contributed by atoms with van der Waals surface area (Å²) in [6.45, 7) is 5.75. The van der Waals surface area contributed by atoms with Gasteiger partial charge in [-0.1, -0.05) is 11.6 Å². The number of pyridine rings is 1. The van der Waals surface area contributed by atoms with E-state index in [1.54, 1.807) is 24.1 Å². The number of nitrogens with zero attached hydrogens (tertiary/aromatic N) is 2. The highest BCUT2D eigenvalue weighted by molar-refractivity contribution is 6.29. The molecule has 0 unspecified atom stereocenters. The maximum atomic E-state index is 11.9. The fraction of sp³-hybridized carbons (Fsp3) is 0.455. The second kappa shape index (κ2) is 4.62. The van der Waals surface area contributed by atoms with Crippen LogP contribution in [0.1, 0.15) is 29.9 Å². The van der Waals surface area contributed by atoms with Crippen LogP contribution in [0.3, 0.4) is 0 Å². The molecule has 0 saturated heterocycles. The quantitative estimate of drug-likeness (QED) is 0.726. The van der Waals surface area contributed by atoms with Gasteiger partial charge in [-0.25, -0.2) is 4.98 Å². The molecule has 0 aliphatic rings. The summed E-state index contributed by atoms with van der Waals surface area (Å²) in [6, 6.07) is 3.51. The van der Waals surface area contributed by atoms with Crippen LogP contribution in [0.5, 0.6) is 0 Å². The lowest BCUT2D eigenvalue weighted by atomic mass is 10.2. The van der Waals surface area contributed by atoms with E-state index in [1.165, 1.54) is 0 Å². The second-order valence-corrected chi connectivity index (χ2v) is 4.22. The summed E-state index contributed by atoms with van der Waals surface area (Å²) in [7, 11) is 1.77. The zero-order chi connectivity index (χ0) is 11.6. The molecule has 0 spiro atoms. The van der Waals surface area contributed by atoms with E-state index in [2.05, 4.69) is 4.98 Å². The molecule has 1 aromatic rings. The molecule has 1 rings (SSSR count). The van der Waals surface area contributed by atoms with Gasteiger partial charge in [-0.2, -0.15) is 0 Å². The molecule has 0 bridgehead atoms. The van der Waals surface area contributed by atoms with Crippen molar-refractivity contribution in [1.82, 2.24) is 9.88 Å². The molecule has 0 aliphatic carbocycles. The number of aryl methyl sites for hydroxylation is 1. The Balaban J connectivity index is 3.01. The number of hydrogen-bond acceptors (Lipinski definition) is 2. The van der Waals surface area contributed by atoms with Gasteiger partial charge in [-0.15, -0.1) is 0 Å². The molecule has 0 atom stereocenters. The first kappa shape index (κ1) is 12.0. The molecule has 0 aliphatic heterocycles. The molecule has 1 amide bonds. The van der Waals surface area contributed by atoms with Crippen LogP contribution in [-0.4, -0.2) is 28.9 Å². The molecule has 15 heavy (non-hydrogen) atoms. The van der Waals surface area contributed by atoms with Gasteiger partial charge >= 0.3 is 0 Å². The minimum absolute atomic E-state index is 0.0302. The number of rotatable bonds is 2. The molecule has 3 nitrogen and oxygen atoms in total. The van der Waals surface area contributed by atoms with Crippen LogP contribution in [-0.2, 0) is 0 Å². The minimum Gasteiger partial charge on any atom is -0.339 e. The van der Waals surface area contributed by atoms with Crippen molar-refractivity contribution >= 4 is 17.5 Å². The molecule has 0 radical (unpaired) electrons. The van der Waals surface area contributed by atoms with Crippen LogP contribution < -0.4 is 0 Å². The van der Waals surface area contributed by atoms with Gasteiger partial charge in [0.25, 0.3) is 5.91 Å². The maximum Gasteiger partial charge on any atom is 0.254 e. The molecule has 82 valence electrons. The third-order valence-corrected chi connectivity index (χ3v) is 2.46. The highest BCUT2D eigenvalue weighted by Gasteiger charge is 2.15. The number of halogens is 1. The normalized spacial score (nSPS) is 10.5. The Morgan fingerprint density at radius 3 is 2.53 bits per heavy atom. The van der Waals surface area contributed by atoms with E-state index >= 15 is 0 Å². The molecule has 0 aromatic carbocycles. The van der Waals surface area contributed by atoms with Gasteiger partial charge < -0.3 is 4.90 Å². The van der Waals surface area contributed by atoms with Crippen molar-refractivity contribution < 1.29 is 4.79 Å². The lowest BCUT2D eigenvalue weighted by Gasteiger charge is -2.21. The summed E-state index contributed by atoms with van der Waals surface area (Å²) in [6.07, 6.45) is 0. The highest BCUT2D eigenvalue weighted by Crippen LogP contribution is 2.13. The van der Waals surface area contributed by atoms with Crippen LogP contribution in [0.15, 0.2) is 12.1 Å². The van der Waals surface area contributed by atoms with Crippen LogP contribution in [0.4, 0.5) is 0 Å². The monoisotopic (exact) mass is 226 g/mol. The first-order valence-electron chi connectivity index (χ1n) is 4.83. The smallest absolute Gasteiger partial charge is 0.254 e. The Labute approximate surface area is 95.1 Å². The Hall–Kier alpha value is -1.09. The first-order chi connectivity index (χ1) is 6.91. The summed E-state index contributed by atoms with van der Waals surface area (Å²) in [5, 5.41) is 0.357. The summed E-state index contributed by atoms with van der Waals surface area (Å²) in [5.74, 6) is -0.0302. The number of carbonyl (C=O) groups excluding carboxylic acids is 1. The molecule has 0 fully saturated rings. The van der Waals surface area contributed by atoms with E-state index in [1.807, 2.05) is 20.8 Å². The van der Waals surface area contributed by atoms with E-state index < -0.39 is 0 Å². The van der Waals surface area contributed by atoms with Gasteiger partial charge in [0.15, 0.2) is 0 Å². The first-order valence-corrected chi connectivity index (χ1v) is 5.21. The molecular formula is C11H15ClN2O. The topological polar surface area (TPSA) is 33.2 Å². The SMILES string of the molecule is Cc1cc(C(=O)N(C)C(C)C)cc(Cl)n1. The van der Waals surface area contributed by atoms with Crippen molar-refractivity contribution in [3.8, 4) is 0 Å². The summed E-state index contributed by atoms with van der Waals surface area (Å²) >= 11 is 5.80. The fourth-order valence-electron chi connectivity index (χ4n) is 1.19. The van der Waals surface area contributed by atoms with Gasteiger partial charge in [0.2, 0.25) is 0 Å². The lowest BCUT2D eigenvalue weighted by Crippen LogP contribution is -2.33. The molecule has 0 saturated carbocycles. The summed E-state index contributed by atoms with van der Waals surface area (Å²) < 4.78 is 0. The number of hydrogen-bond donors (Lipinski definition) is 0. The van der Waals surface area contributed by atoms with E-state index in [9.17, 15) is 4.79 Å². The van der Waals surface area contributed by atoms with Gasteiger partial charge in [-0.05, 0) is 32.9 Å². The lowest BCUT2D eigenvalue weighted by molar-refractivity contribution is 0.0754. The van der Waals surface area contributed by atoms with Gasteiger partial charge in [0.1, 0.15) is 5.15 Å². The fourth-order valence-corrected chi connectivity index (χ4v) is 1.44. The van der Waals surface area contributed by atoms with Gasteiger partial charge in [0.05, 0.1) is 0 Å². The third kappa shape index (κ3) is 2.93. The molecule has 4 heteroatoms. The van der Waals surface area contributed by atoms with E-state index in [0.717, 1.165) is 5.69 Å². The molecular weight excluding hydrogens is 212 g/mol. The molecule has 1 heterocycles. The predicted octanol–water partition coefficient (Wildman–Crippen LogP) is 2.52. The Morgan fingerprint density at radius 1 is 1.47 bits per heavy atom. The molecule has 0 N–H and O–H groups in total. The van der Waals surface area contributed by atoms with Crippen molar-refractivity contribution in [3.63, 3.8) is 0 Å². The summed E-state index contributed by atoms with van der Waals surface area (Å²) in [4.78, 5) is 17.6. The second-order valence-electron chi connectivity index (χ2n) is 3.83. The van der Waals surface area contributed by atoms with Crippen LogP contribution in [0.2, 0.25) is 5.15 Å². The van der Waals surface area contributed by atoms with E-state index in [0.29, 0.717) is 10.7 Å². The van der Waals surface area contributed by atoms with Gasteiger partial charge in [0, 0.05) is 24.3 Å². The number of carbonyl (C=O) groups is 1.